The molecule has 2 aromatic rings. The molecule has 0 spiro atoms. The second kappa shape index (κ2) is 6.70. The number of hydrogen-bond acceptors (Lipinski definition) is 6. The number of rotatable bonds is 6. The van der Waals surface area contributed by atoms with Crippen molar-refractivity contribution in [1.29, 1.82) is 0 Å². The number of carbonyl (C=O) groups is 1. The Hall–Kier alpha value is -2.90. The van der Waals surface area contributed by atoms with E-state index >= 15 is 0 Å². The van der Waals surface area contributed by atoms with E-state index in [-0.39, 0.29) is 18.0 Å². The number of esters is 1. The molecule has 22 heavy (non-hydrogen) atoms. The Morgan fingerprint density at radius 1 is 1.36 bits per heavy atom. The average molecular weight is 305 g/mol. The normalized spacial score (nSPS) is 10.3. The van der Waals surface area contributed by atoms with E-state index in [9.17, 15) is 14.9 Å². The van der Waals surface area contributed by atoms with E-state index in [4.69, 9.17) is 9.47 Å². The Bertz CT molecular complexity index is 678. The van der Waals surface area contributed by atoms with Gasteiger partial charge in [0.2, 0.25) is 5.69 Å². The molecule has 0 saturated carbocycles. The van der Waals surface area contributed by atoms with Crippen LogP contribution >= 0.6 is 0 Å². The highest BCUT2D eigenvalue weighted by Gasteiger charge is 2.26. The minimum Gasteiger partial charge on any atom is -0.497 e. The summed E-state index contributed by atoms with van der Waals surface area (Å²) in [7, 11) is 1.57. The molecule has 0 fully saturated rings. The molecule has 8 heteroatoms. The SMILES string of the molecule is CCOC(=O)c1nn(Cc2ccc(OC)cc2)cc1[N+](=O)[O-]. The van der Waals surface area contributed by atoms with Crippen molar-refractivity contribution < 1.29 is 19.2 Å². The summed E-state index contributed by atoms with van der Waals surface area (Å²) in [4.78, 5) is 22.1. The average Bonchev–Trinajstić information content (AvgIpc) is 2.92. The number of carbonyl (C=O) groups excluding carboxylic acids is 1. The van der Waals surface area contributed by atoms with Crippen molar-refractivity contribution in [2.24, 2.45) is 0 Å². The summed E-state index contributed by atoms with van der Waals surface area (Å²) in [6.45, 7) is 2.05. The molecule has 0 radical (unpaired) electrons. The van der Waals surface area contributed by atoms with Crippen LogP contribution in [0.15, 0.2) is 30.5 Å². The number of nitrogens with zero attached hydrogens (tertiary/aromatic N) is 3. The zero-order valence-corrected chi connectivity index (χ0v) is 12.2. The van der Waals surface area contributed by atoms with Gasteiger partial charge in [0, 0.05) is 0 Å². The highest BCUT2D eigenvalue weighted by molar-refractivity contribution is 5.91. The summed E-state index contributed by atoms with van der Waals surface area (Å²) >= 11 is 0. The van der Waals surface area contributed by atoms with Crippen LogP contribution in [0.1, 0.15) is 23.0 Å². The van der Waals surface area contributed by atoms with Crippen molar-refractivity contribution >= 4 is 11.7 Å². The number of benzene rings is 1. The Morgan fingerprint density at radius 2 is 2.05 bits per heavy atom. The third-order valence-electron chi connectivity index (χ3n) is 2.91. The predicted octanol–water partition coefficient (Wildman–Crippen LogP) is 2.02. The third kappa shape index (κ3) is 3.40. The first-order chi connectivity index (χ1) is 10.5. The maximum Gasteiger partial charge on any atom is 0.366 e. The lowest BCUT2D eigenvalue weighted by molar-refractivity contribution is -0.385. The molecule has 2 rings (SSSR count). The van der Waals surface area contributed by atoms with Gasteiger partial charge in [-0.15, -0.1) is 0 Å². The Morgan fingerprint density at radius 3 is 2.59 bits per heavy atom. The van der Waals surface area contributed by atoms with E-state index in [1.165, 1.54) is 10.9 Å². The van der Waals surface area contributed by atoms with Gasteiger partial charge in [-0.3, -0.25) is 14.8 Å². The fraction of sp³-hybridized carbons (Fsp3) is 0.286. The van der Waals surface area contributed by atoms with Crippen LogP contribution in [0.25, 0.3) is 0 Å². The summed E-state index contributed by atoms with van der Waals surface area (Å²) in [5.41, 5.74) is 0.209. The van der Waals surface area contributed by atoms with Gasteiger partial charge < -0.3 is 9.47 Å². The smallest absolute Gasteiger partial charge is 0.366 e. The first kappa shape index (κ1) is 15.5. The second-order valence-corrected chi connectivity index (χ2v) is 4.39. The lowest BCUT2D eigenvalue weighted by Gasteiger charge is -2.03. The minimum atomic E-state index is -0.803. The van der Waals surface area contributed by atoms with Crippen LogP contribution in [0, 0.1) is 10.1 Å². The van der Waals surface area contributed by atoms with Crippen LogP contribution in [0.5, 0.6) is 5.75 Å². The molecule has 8 nitrogen and oxygen atoms in total. The van der Waals surface area contributed by atoms with Gasteiger partial charge in [0.15, 0.2) is 0 Å². The van der Waals surface area contributed by atoms with E-state index in [1.807, 2.05) is 12.1 Å². The van der Waals surface area contributed by atoms with Crippen LogP contribution in [0.3, 0.4) is 0 Å². The van der Waals surface area contributed by atoms with Crippen molar-refractivity contribution in [2.75, 3.05) is 13.7 Å². The highest BCUT2D eigenvalue weighted by atomic mass is 16.6. The molecule has 0 aliphatic heterocycles. The van der Waals surface area contributed by atoms with Crippen molar-refractivity contribution in [3.8, 4) is 5.75 Å². The number of nitro groups is 1. The standard InChI is InChI=1S/C14H15N3O5/c1-3-22-14(18)13-12(17(19)20)9-16(15-13)8-10-4-6-11(21-2)7-5-10/h4-7,9H,3,8H2,1-2H3. The van der Waals surface area contributed by atoms with E-state index in [0.29, 0.717) is 12.3 Å². The first-order valence-electron chi connectivity index (χ1n) is 6.57. The minimum absolute atomic E-state index is 0.126. The van der Waals surface area contributed by atoms with Crippen LogP contribution < -0.4 is 4.74 Å². The van der Waals surface area contributed by atoms with Gasteiger partial charge in [-0.05, 0) is 24.6 Å². The zero-order valence-electron chi connectivity index (χ0n) is 12.2. The van der Waals surface area contributed by atoms with Gasteiger partial charge in [-0.2, -0.15) is 5.10 Å². The molecule has 0 N–H and O–H groups in total. The van der Waals surface area contributed by atoms with Gasteiger partial charge in [-0.1, -0.05) is 12.1 Å². The molecule has 0 atom stereocenters. The predicted molar refractivity (Wildman–Crippen MR) is 76.9 cm³/mol. The summed E-state index contributed by atoms with van der Waals surface area (Å²) in [5.74, 6) is -0.0925. The van der Waals surface area contributed by atoms with Crippen molar-refractivity contribution in [2.45, 2.75) is 13.5 Å². The number of aromatic nitrogens is 2. The molecule has 1 aromatic carbocycles. The first-order valence-corrected chi connectivity index (χ1v) is 6.57. The van der Waals surface area contributed by atoms with Gasteiger partial charge in [0.25, 0.3) is 0 Å². The van der Waals surface area contributed by atoms with E-state index < -0.39 is 10.9 Å². The molecule has 1 aromatic heterocycles. The topological polar surface area (TPSA) is 96.5 Å². The van der Waals surface area contributed by atoms with Gasteiger partial charge in [0.05, 0.1) is 25.2 Å². The molecule has 0 aliphatic rings. The van der Waals surface area contributed by atoms with E-state index in [2.05, 4.69) is 5.10 Å². The van der Waals surface area contributed by atoms with Crippen molar-refractivity contribution in [3.63, 3.8) is 0 Å². The fourth-order valence-corrected chi connectivity index (χ4v) is 1.89. The molecular weight excluding hydrogens is 290 g/mol. The number of ether oxygens (including phenoxy) is 2. The molecule has 0 bridgehead atoms. The molecule has 0 amide bonds. The molecule has 116 valence electrons. The van der Waals surface area contributed by atoms with Crippen molar-refractivity contribution in [3.05, 3.63) is 51.8 Å². The maximum atomic E-state index is 11.7. The van der Waals surface area contributed by atoms with E-state index in [0.717, 1.165) is 5.56 Å². The van der Waals surface area contributed by atoms with Gasteiger partial charge in [-0.25, -0.2) is 4.79 Å². The molecule has 1 heterocycles. The molecule has 0 unspecified atom stereocenters. The van der Waals surface area contributed by atoms with Crippen LogP contribution in [-0.2, 0) is 11.3 Å². The van der Waals surface area contributed by atoms with Crippen molar-refractivity contribution in [1.82, 2.24) is 9.78 Å². The third-order valence-corrected chi connectivity index (χ3v) is 2.91. The fourth-order valence-electron chi connectivity index (χ4n) is 1.89. The van der Waals surface area contributed by atoms with E-state index in [1.54, 1.807) is 26.2 Å². The maximum absolute atomic E-state index is 11.7. The second-order valence-electron chi connectivity index (χ2n) is 4.39. The van der Waals surface area contributed by atoms with Crippen LogP contribution in [0.4, 0.5) is 5.69 Å². The highest BCUT2D eigenvalue weighted by Crippen LogP contribution is 2.19. The lowest BCUT2D eigenvalue weighted by atomic mass is 10.2. The summed E-state index contributed by atoms with van der Waals surface area (Å²) in [6, 6.07) is 7.19. The Balaban J connectivity index is 2.25. The number of hydrogen-bond donors (Lipinski definition) is 0. The largest absolute Gasteiger partial charge is 0.497 e. The molecule has 0 aliphatic carbocycles. The zero-order chi connectivity index (χ0) is 16.1. The van der Waals surface area contributed by atoms with Crippen LogP contribution in [0.2, 0.25) is 0 Å². The lowest BCUT2D eigenvalue weighted by Crippen LogP contribution is -2.09. The monoisotopic (exact) mass is 305 g/mol. The van der Waals surface area contributed by atoms with Crippen LogP contribution in [-0.4, -0.2) is 34.4 Å². The van der Waals surface area contributed by atoms with Gasteiger partial charge in [0.1, 0.15) is 11.9 Å². The number of methoxy groups -OCH3 is 1. The summed E-state index contributed by atoms with van der Waals surface area (Å²) in [6.07, 6.45) is 1.22. The molecular formula is C14H15N3O5. The summed E-state index contributed by atoms with van der Waals surface area (Å²) in [5, 5.41) is 15.0. The summed E-state index contributed by atoms with van der Waals surface area (Å²) < 4.78 is 11.2. The van der Waals surface area contributed by atoms with Gasteiger partial charge >= 0.3 is 11.7 Å². The Labute approximate surface area is 126 Å². The Kier molecular flexibility index (Phi) is 4.72. The molecule has 0 saturated heterocycles. The quantitative estimate of drug-likeness (QED) is 0.460.